The van der Waals surface area contributed by atoms with Crippen LogP contribution in [0.4, 0.5) is 45.5 Å². The van der Waals surface area contributed by atoms with Gasteiger partial charge in [-0.3, -0.25) is 0 Å². The highest BCUT2D eigenvalue weighted by Crippen LogP contribution is 2.61. The second kappa shape index (κ2) is 14.1. The molecule has 0 aromatic heterocycles. The van der Waals surface area contributed by atoms with Crippen molar-refractivity contribution in [2.45, 2.75) is 155 Å². The van der Waals surface area contributed by atoms with Crippen LogP contribution in [0, 0.1) is 0 Å². The van der Waals surface area contributed by atoms with Gasteiger partial charge in [0.15, 0.2) is 0 Å². The van der Waals surface area contributed by atoms with Crippen LogP contribution in [-0.4, -0.2) is 12.3 Å². The van der Waals surface area contributed by atoms with Gasteiger partial charge in [-0.25, -0.2) is 0 Å². The van der Waals surface area contributed by atoms with Crippen LogP contribution in [0.1, 0.15) is 150 Å². The lowest BCUT2D eigenvalue weighted by molar-refractivity contribution is 0.195. The molecule has 1 fully saturated rings. The lowest BCUT2D eigenvalue weighted by atomic mass is 9.33. The molecule has 328 valence electrons. The van der Waals surface area contributed by atoms with Crippen LogP contribution >= 0.6 is 0 Å². The number of para-hydroxylation sites is 1. The summed E-state index contributed by atoms with van der Waals surface area (Å²) in [5, 5.41) is 0. The van der Waals surface area contributed by atoms with Crippen molar-refractivity contribution in [1.29, 1.82) is 0 Å². The van der Waals surface area contributed by atoms with Crippen molar-refractivity contribution in [3.63, 3.8) is 0 Å². The predicted octanol–water partition coefficient (Wildman–Crippen LogP) is 14.7. The fourth-order valence-electron chi connectivity index (χ4n) is 11.9. The van der Waals surface area contributed by atoms with Gasteiger partial charge in [-0.1, -0.05) is 170 Å². The minimum atomic E-state index is -0.0916. The first-order valence-corrected chi connectivity index (χ1v) is 24.2. The smallest absolute Gasteiger partial charge is 0.252 e. The molecular weight excluding hydrogens is 773 g/mol. The van der Waals surface area contributed by atoms with Gasteiger partial charge in [0.1, 0.15) is 0 Å². The first-order chi connectivity index (χ1) is 30.0. The Labute approximate surface area is 386 Å². The highest BCUT2D eigenvalue weighted by Gasteiger charge is 2.58. The molecule has 0 N–H and O–H groups in total. The molecule has 1 aliphatic carbocycles. The van der Waals surface area contributed by atoms with E-state index in [9.17, 15) is 0 Å². The summed E-state index contributed by atoms with van der Waals surface area (Å²) in [4.78, 5) is 8.06. The van der Waals surface area contributed by atoms with Gasteiger partial charge in [0.05, 0.1) is 5.54 Å². The van der Waals surface area contributed by atoms with Gasteiger partial charge in [-0.2, -0.15) is 0 Å². The molecule has 0 saturated heterocycles. The first kappa shape index (κ1) is 42.7. The monoisotopic (exact) mass is 844 g/mol. The maximum absolute atomic E-state index is 2.79. The molecule has 0 bridgehead atoms. The fraction of sp³-hybridized carbons (Fsp3) is 0.400. The Hall–Kier alpha value is -5.22. The molecule has 6 aromatic carbocycles. The van der Waals surface area contributed by atoms with Crippen molar-refractivity contribution in [3.05, 3.63) is 149 Å². The molecule has 0 radical (unpaired) electrons. The molecular formula is C60H70BN3. The largest absolute Gasteiger partial charge is 0.334 e. The molecule has 4 aliphatic rings. The Morgan fingerprint density at radius 1 is 0.422 bits per heavy atom. The molecule has 64 heavy (non-hydrogen) atoms. The minimum absolute atomic E-state index is 0.0106. The summed E-state index contributed by atoms with van der Waals surface area (Å²) in [5.74, 6) is 0. The third-order valence-electron chi connectivity index (χ3n) is 16.0. The average molecular weight is 844 g/mol. The molecule has 3 nitrogen and oxygen atoms in total. The summed E-state index contributed by atoms with van der Waals surface area (Å²) >= 11 is 0. The quantitative estimate of drug-likeness (QED) is 0.164. The van der Waals surface area contributed by atoms with Crippen LogP contribution in [0.2, 0.25) is 0 Å². The van der Waals surface area contributed by atoms with E-state index in [0.29, 0.717) is 0 Å². The number of anilines is 8. The maximum Gasteiger partial charge on any atom is 0.252 e. The van der Waals surface area contributed by atoms with E-state index in [-0.39, 0.29) is 39.3 Å². The minimum Gasteiger partial charge on any atom is -0.334 e. The third kappa shape index (κ3) is 6.43. The van der Waals surface area contributed by atoms with Crippen LogP contribution in [0.25, 0.3) is 0 Å². The number of benzene rings is 6. The molecule has 2 unspecified atom stereocenters. The third-order valence-corrected chi connectivity index (χ3v) is 16.0. The van der Waals surface area contributed by atoms with Crippen molar-refractivity contribution < 1.29 is 0 Å². The summed E-state index contributed by atoms with van der Waals surface area (Å²) in [5.41, 5.74) is 21.1. The molecule has 0 amide bonds. The second-order valence-electron chi connectivity index (χ2n) is 24.3. The zero-order chi connectivity index (χ0) is 45.5. The van der Waals surface area contributed by atoms with Gasteiger partial charge in [0.2, 0.25) is 0 Å². The second-order valence-corrected chi connectivity index (χ2v) is 24.3. The van der Waals surface area contributed by atoms with Crippen LogP contribution in [0.15, 0.2) is 121 Å². The zero-order valence-electron chi connectivity index (χ0n) is 41.3. The van der Waals surface area contributed by atoms with E-state index in [2.05, 4.69) is 233 Å². The molecule has 0 spiro atoms. The number of nitrogens with zero attached hydrogens (tertiary/aromatic N) is 3. The fourth-order valence-corrected chi connectivity index (χ4v) is 11.9. The van der Waals surface area contributed by atoms with Crippen LogP contribution in [-0.2, 0) is 27.1 Å². The Morgan fingerprint density at radius 3 is 1.64 bits per heavy atom. The Kier molecular flexibility index (Phi) is 9.44. The van der Waals surface area contributed by atoms with E-state index in [1.54, 1.807) is 0 Å². The molecule has 3 aliphatic heterocycles. The van der Waals surface area contributed by atoms with E-state index in [4.69, 9.17) is 0 Å². The molecule has 4 heteroatoms. The lowest BCUT2D eigenvalue weighted by Crippen LogP contribution is -2.62. The van der Waals surface area contributed by atoms with Crippen molar-refractivity contribution in [1.82, 2.24) is 0 Å². The highest BCUT2D eigenvalue weighted by molar-refractivity contribution is 7.00. The van der Waals surface area contributed by atoms with Crippen molar-refractivity contribution >= 4 is 68.6 Å². The molecule has 1 saturated carbocycles. The van der Waals surface area contributed by atoms with Gasteiger partial charge in [-0.05, 0) is 140 Å². The maximum atomic E-state index is 2.79. The Morgan fingerprint density at radius 2 is 0.984 bits per heavy atom. The van der Waals surface area contributed by atoms with Gasteiger partial charge in [0.25, 0.3) is 6.71 Å². The van der Waals surface area contributed by atoms with E-state index in [1.165, 1.54) is 109 Å². The highest BCUT2D eigenvalue weighted by atomic mass is 15.3. The summed E-state index contributed by atoms with van der Waals surface area (Å²) < 4.78 is 0. The SMILES string of the molecule is CC(C)(C)c1ccc(N2c3ccc(C(C)(C)C)cc3B3c4ccc(C(C)(C)C)cc4N(c4cccc(C(C)(C)C)c4)c4cc(N5c6ccccc6C6(C)CCCCC56C)cc2c43)cc1. The van der Waals surface area contributed by atoms with Gasteiger partial charge in [0, 0.05) is 50.9 Å². The molecule has 10 rings (SSSR count). The van der Waals surface area contributed by atoms with Gasteiger partial charge < -0.3 is 14.7 Å². The number of rotatable bonds is 3. The normalized spacial score (nSPS) is 20.4. The van der Waals surface area contributed by atoms with Crippen molar-refractivity contribution in [2.75, 3.05) is 14.7 Å². The van der Waals surface area contributed by atoms with Crippen LogP contribution in [0.5, 0.6) is 0 Å². The van der Waals surface area contributed by atoms with E-state index >= 15 is 0 Å². The molecule has 6 aromatic rings. The summed E-state index contributed by atoms with van der Waals surface area (Å²) in [7, 11) is 0. The predicted molar refractivity (Wildman–Crippen MR) is 278 cm³/mol. The molecule has 2 atom stereocenters. The van der Waals surface area contributed by atoms with Crippen LogP contribution < -0.4 is 31.1 Å². The van der Waals surface area contributed by atoms with E-state index in [1.807, 2.05) is 0 Å². The number of hydrogen-bond acceptors (Lipinski definition) is 3. The first-order valence-electron chi connectivity index (χ1n) is 24.2. The standard InChI is InChI=1S/C60H70BN3/c1-55(2,3)39-24-28-43(29-25-39)62-50-31-27-41(57(7,8)9)35-48(50)61-47-30-26-42(58(10,11)12)36-51(47)63(44-21-19-20-40(34-44)56(4,5)6)53-38-45(37-52(62)54(53)61)64-49-23-16-15-22-46(49)59(13)32-17-18-33-60(59,64)14/h15-16,19-31,34-38H,17-18,32-33H2,1-14H3. The summed E-state index contributed by atoms with van der Waals surface area (Å²) in [6.45, 7) is 33.3. The van der Waals surface area contributed by atoms with E-state index < -0.39 is 0 Å². The number of fused-ring (bicyclic) bond motifs is 7. The average Bonchev–Trinajstić information content (AvgIpc) is 3.45. The Balaban J connectivity index is 1.35. The zero-order valence-corrected chi connectivity index (χ0v) is 41.3. The lowest BCUT2D eigenvalue weighted by Gasteiger charge is -2.51. The topological polar surface area (TPSA) is 9.72 Å². The molecule has 3 heterocycles. The number of hydrogen-bond donors (Lipinski definition) is 0. The van der Waals surface area contributed by atoms with Gasteiger partial charge >= 0.3 is 0 Å². The Bertz CT molecular complexity index is 2820. The van der Waals surface area contributed by atoms with Crippen molar-refractivity contribution in [2.24, 2.45) is 0 Å². The summed E-state index contributed by atoms with van der Waals surface area (Å²) in [6.07, 6.45) is 4.85. The van der Waals surface area contributed by atoms with Crippen molar-refractivity contribution in [3.8, 4) is 0 Å². The van der Waals surface area contributed by atoms with Crippen LogP contribution in [0.3, 0.4) is 0 Å². The van der Waals surface area contributed by atoms with E-state index in [0.717, 1.165) is 6.42 Å². The summed E-state index contributed by atoms with van der Waals surface area (Å²) in [6, 6.07) is 48.3. The van der Waals surface area contributed by atoms with Gasteiger partial charge in [-0.15, -0.1) is 0 Å².